The zero-order valence-electron chi connectivity index (χ0n) is 14.6. The Morgan fingerprint density at radius 3 is 2.83 bits per heavy atom. The summed E-state index contributed by atoms with van der Waals surface area (Å²) in [5, 5.41) is 16.9. The van der Waals surface area contributed by atoms with Gasteiger partial charge in [-0.2, -0.15) is 0 Å². The van der Waals surface area contributed by atoms with Gasteiger partial charge in [0.1, 0.15) is 11.4 Å². The zero-order chi connectivity index (χ0) is 17.1. The zero-order valence-corrected chi connectivity index (χ0v) is 14.6. The normalized spacial score (nSPS) is 14.8. The molecule has 1 atom stereocenters. The summed E-state index contributed by atoms with van der Waals surface area (Å²) >= 11 is 0. The second kappa shape index (κ2) is 10.3. The van der Waals surface area contributed by atoms with Crippen LogP contribution >= 0.6 is 0 Å². The van der Waals surface area contributed by atoms with Crippen LogP contribution in [0.15, 0.2) is 27.8 Å². The molecule has 1 aromatic rings. The fourth-order valence-electron chi connectivity index (χ4n) is 1.96. The molecule has 0 aliphatic rings. The van der Waals surface area contributed by atoms with Crippen LogP contribution < -0.4 is 10.6 Å². The SMILES string of the molecule is CCNC(=NCC(C)(O)c1ccco1)NCCN(C)CCOC. The fraction of sp³-hybridized carbons (Fsp3) is 0.688. The van der Waals surface area contributed by atoms with Crippen molar-refractivity contribution in [3.05, 3.63) is 24.2 Å². The number of ether oxygens (including phenoxy) is 1. The van der Waals surface area contributed by atoms with Crippen molar-refractivity contribution < 1.29 is 14.3 Å². The molecule has 3 N–H and O–H groups in total. The van der Waals surface area contributed by atoms with Gasteiger partial charge in [0.05, 0.1) is 19.4 Å². The van der Waals surface area contributed by atoms with Crippen molar-refractivity contribution in [3.8, 4) is 0 Å². The molecule has 132 valence electrons. The Kier molecular flexibility index (Phi) is 8.68. The smallest absolute Gasteiger partial charge is 0.191 e. The van der Waals surface area contributed by atoms with Crippen LogP contribution in [0.25, 0.3) is 0 Å². The van der Waals surface area contributed by atoms with Gasteiger partial charge in [0, 0.05) is 33.3 Å². The number of nitrogens with zero attached hydrogens (tertiary/aromatic N) is 2. The molecule has 23 heavy (non-hydrogen) atoms. The number of methoxy groups -OCH3 is 1. The number of aliphatic imine (C=N–C) groups is 1. The van der Waals surface area contributed by atoms with Crippen molar-refractivity contribution in [2.45, 2.75) is 19.4 Å². The number of hydrogen-bond acceptors (Lipinski definition) is 5. The third-order valence-corrected chi connectivity index (χ3v) is 3.40. The lowest BCUT2D eigenvalue weighted by molar-refractivity contribution is 0.0437. The van der Waals surface area contributed by atoms with Crippen molar-refractivity contribution in [2.24, 2.45) is 4.99 Å². The number of nitrogens with one attached hydrogen (secondary N) is 2. The summed E-state index contributed by atoms with van der Waals surface area (Å²) in [5.41, 5.74) is -1.12. The van der Waals surface area contributed by atoms with E-state index in [9.17, 15) is 5.11 Å². The molecular formula is C16H30N4O3. The molecule has 1 unspecified atom stereocenters. The molecule has 0 aliphatic carbocycles. The molecule has 0 aliphatic heterocycles. The lowest BCUT2D eigenvalue weighted by atomic mass is 10.0. The van der Waals surface area contributed by atoms with Gasteiger partial charge < -0.3 is 29.8 Å². The highest BCUT2D eigenvalue weighted by molar-refractivity contribution is 5.79. The number of furan rings is 1. The van der Waals surface area contributed by atoms with Crippen molar-refractivity contribution in [1.29, 1.82) is 0 Å². The number of guanidine groups is 1. The lowest BCUT2D eigenvalue weighted by Gasteiger charge is -2.20. The predicted octanol–water partition coefficient (Wildman–Crippen LogP) is 0.620. The minimum atomic E-state index is -1.12. The van der Waals surface area contributed by atoms with E-state index in [0.29, 0.717) is 11.7 Å². The minimum absolute atomic E-state index is 0.218. The van der Waals surface area contributed by atoms with Crippen LogP contribution in [-0.4, -0.2) is 69.5 Å². The average molecular weight is 326 g/mol. The highest BCUT2D eigenvalue weighted by Crippen LogP contribution is 2.20. The predicted molar refractivity (Wildman–Crippen MR) is 91.6 cm³/mol. The molecule has 0 radical (unpaired) electrons. The van der Waals surface area contributed by atoms with E-state index in [1.165, 1.54) is 0 Å². The Hall–Kier alpha value is -1.57. The monoisotopic (exact) mass is 326 g/mol. The van der Waals surface area contributed by atoms with E-state index in [0.717, 1.165) is 32.8 Å². The van der Waals surface area contributed by atoms with Gasteiger partial charge in [-0.05, 0) is 33.0 Å². The van der Waals surface area contributed by atoms with Crippen LogP contribution in [0, 0.1) is 0 Å². The Labute approximate surface area is 138 Å². The Bertz CT molecular complexity index is 446. The molecule has 0 saturated heterocycles. The highest BCUT2D eigenvalue weighted by atomic mass is 16.5. The molecule has 1 heterocycles. The topological polar surface area (TPSA) is 82.3 Å². The second-order valence-electron chi connectivity index (χ2n) is 5.67. The molecule has 0 fully saturated rings. The first-order valence-electron chi connectivity index (χ1n) is 7.95. The average Bonchev–Trinajstić information content (AvgIpc) is 3.06. The van der Waals surface area contributed by atoms with Crippen molar-refractivity contribution >= 4 is 5.96 Å². The van der Waals surface area contributed by atoms with Crippen LogP contribution in [0.2, 0.25) is 0 Å². The van der Waals surface area contributed by atoms with E-state index in [1.54, 1.807) is 32.4 Å². The van der Waals surface area contributed by atoms with E-state index in [2.05, 4.69) is 20.5 Å². The maximum atomic E-state index is 10.4. The third kappa shape index (κ3) is 7.49. The van der Waals surface area contributed by atoms with Gasteiger partial charge in [0.2, 0.25) is 0 Å². The largest absolute Gasteiger partial charge is 0.466 e. The van der Waals surface area contributed by atoms with E-state index < -0.39 is 5.60 Å². The quantitative estimate of drug-likeness (QED) is 0.432. The van der Waals surface area contributed by atoms with E-state index >= 15 is 0 Å². The summed E-state index contributed by atoms with van der Waals surface area (Å²) in [4.78, 5) is 6.62. The summed E-state index contributed by atoms with van der Waals surface area (Å²) in [6.45, 7) is 7.92. The molecule has 0 bridgehead atoms. The van der Waals surface area contributed by atoms with Crippen LogP contribution in [0.3, 0.4) is 0 Å². The van der Waals surface area contributed by atoms with E-state index in [4.69, 9.17) is 9.15 Å². The van der Waals surface area contributed by atoms with Crippen LogP contribution in [-0.2, 0) is 10.3 Å². The summed E-state index contributed by atoms with van der Waals surface area (Å²) < 4.78 is 10.3. The van der Waals surface area contributed by atoms with Crippen molar-refractivity contribution in [1.82, 2.24) is 15.5 Å². The van der Waals surface area contributed by atoms with Crippen molar-refractivity contribution in [2.75, 3.05) is 53.5 Å². The molecule has 0 spiro atoms. The van der Waals surface area contributed by atoms with Crippen LogP contribution in [0.4, 0.5) is 0 Å². The van der Waals surface area contributed by atoms with Gasteiger partial charge in [-0.3, -0.25) is 0 Å². The third-order valence-electron chi connectivity index (χ3n) is 3.40. The molecule has 1 aromatic heterocycles. The first-order valence-corrected chi connectivity index (χ1v) is 7.95. The molecule has 0 aromatic carbocycles. The van der Waals surface area contributed by atoms with Gasteiger partial charge in [0.15, 0.2) is 5.96 Å². The van der Waals surface area contributed by atoms with Gasteiger partial charge in [-0.25, -0.2) is 4.99 Å². The standard InChI is InChI=1S/C16H30N4O3/c1-5-17-15(18-8-9-20(3)10-12-22-4)19-13-16(2,21)14-7-6-11-23-14/h6-7,11,21H,5,8-10,12-13H2,1-4H3,(H2,17,18,19). The van der Waals surface area contributed by atoms with E-state index in [1.807, 2.05) is 14.0 Å². The molecule has 0 saturated carbocycles. The molecule has 7 nitrogen and oxygen atoms in total. The Balaban J connectivity index is 2.47. The van der Waals surface area contributed by atoms with Crippen LogP contribution in [0.1, 0.15) is 19.6 Å². The fourth-order valence-corrected chi connectivity index (χ4v) is 1.96. The lowest BCUT2D eigenvalue weighted by Crippen LogP contribution is -2.42. The van der Waals surface area contributed by atoms with Crippen molar-refractivity contribution in [3.63, 3.8) is 0 Å². The first kappa shape index (κ1) is 19.5. The first-order chi connectivity index (χ1) is 11.0. The van der Waals surface area contributed by atoms with Gasteiger partial charge in [-0.1, -0.05) is 0 Å². The van der Waals surface area contributed by atoms with E-state index in [-0.39, 0.29) is 6.54 Å². The number of aliphatic hydroxyl groups is 1. The number of rotatable bonds is 10. The number of hydrogen-bond donors (Lipinski definition) is 3. The molecular weight excluding hydrogens is 296 g/mol. The van der Waals surface area contributed by atoms with Crippen LogP contribution in [0.5, 0.6) is 0 Å². The maximum absolute atomic E-state index is 10.4. The van der Waals surface area contributed by atoms with Gasteiger partial charge in [-0.15, -0.1) is 0 Å². The second-order valence-corrected chi connectivity index (χ2v) is 5.67. The minimum Gasteiger partial charge on any atom is -0.466 e. The molecule has 1 rings (SSSR count). The summed E-state index contributed by atoms with van der Waals surface area (Å²) in [7, 11) is 3.75. The molecule has 7 heteroatoms. The van der Waals surface area contributed by atoms with Gasteiger partial charge >= 0.3 is 0 Å². The summed E-state index contributed by atoms with van der Waals surface area (Å²) in [5.74, 6) is 1.19. The molecule has 0 amide bonds. The Morgan fingerprint density at radius 2 is 2.22 bits per heavy atom. The maximum Gasteiger partial charge on any atom is 0.191 e. The van der Waals surface area contributed by atoms with Gasteiger partial charge in [0.25, 0.3) is 0 Å². The summed E-state index contributed by atoms with van der Waals surface area (Å²) in [6.07, 6.45) is 1.55. The summed E-state index contributed by atoms with van der Waals surface area (Å²) in [6, 6.07) is 3.51. The Morgan fingerprint density at radius 1 is 1.43 bits per heavy atom. The highest BCUT2D eigenvalue weighted by Gasteiger charge is 2.25. The number of likely N-dealkylation sites (N-methyl/N-ethyl adjacent to an activating group) is 1.